The molecule has 28 heavy (non-hydrogen) atoms. The van der Waals surface area contributed by atoms with Crippen molar-refractivity contribution in [1.82, 2.24) is 10.2 Å². The van der Waals surface area contributed by atoms with E-state index in [1.165, 1.54) is 0 Å². The second kappa shape index (κ2) is 12.5. The SMILES string of the molecule is C=C(C(=O)O)[C@H](CC(C)C)C(=O)N(CC(C)(C)C)C(=O)NCCOCCOC. The van der Waals surface area contributed by atoms with E-state index in [2.05, 4.69) is 11.9 Å². The molecular formula is C20H36N2O6. The lowest BCUT2D eigenvalue weighted by Crippen LogP contribution is -2.50. The van der Waals surface area contributed by atoms with Gasteiger partial charge in [0.15, 0.2) is 0 Å². The van der Waals surface area contributed by atoms with Crippen LogP contribution in [0.15, 0.2) is 12.2 Å². The normalized spacial score (nSPS) is 12.5. The average Bonchev–Trinajstić information content (AvgIpc) is 2.58. The van der Waals surface area contributed by atoms with Gasteiger partial charge in [0, 0.05) is 25.8 Å². The first-order valence-corrected chi connectivity index (χ1v) is 9.48. The van der Waals surface area contributed by atoms with E-state index in [1.807, 2.05) is 34.6 Å². The fraction of sp³-hybridized carbons (Fsp3) is 0.750. The molecule has 0 fully saturated rings. The number of nitrogens with one attached hydrogen (secondary N) is 1. The number of hydrogen-bond donors (Lipinski definition) is 2. The number of aliphatic carboxylic acids is 1. The van der Waals surface area contributed by atoms with Gasteiger partial charge in [-0.05, 0) is 17.8 Å². The van der Waals surface area contributed by atoms with E-state index in [0.717, 1.165) is 4.90 Å². The van der Waals surface area contributed by atoms with E-state index in [0.29, 0.717) is 19.6 Å². The monoisotopic (exact) mass is 400 g/mol. The molecule has 0 heterocycles. The number of ether oxygens (including phenoxy) is 2. The highest BCUT2D eigenvalue weighted by Gasteiger charge is 2.35. The van der Waals surface area contributed by atoms with Crippen LogP contribution in [0.4, 0.5) is 4.79 Å². The summed E-state index contributed by atoms with van der Waals surface area (Å²) < 4.78 is 10.2. The summed E-state index contributed by atoms with van der Waals surface area (Å²) in [6, 6.07) is -0.567. The summed E-state index contributed by atoms with van der Waals surface area (Å²) >= 11 is 0. The average molecular weight is 401 g/mol. The van der Waals surface area contributed by atoms with Crippen molar-refractivity contribution in [3.05, 3.63) is 12.2 Å². The van der Waals surface area contributed by atoms with Crippen molar-refractivity contribution in [3.63, 3.8) is 0 Å². The Labute approximate surface area is 168 Å². The van der Waals surface area contributed by atoms with E-state index in [4.69, 9.17) is 9.47 Å². The van der Waals surface area contributed by atoms with Crippen molar-refractivity contribution in [2.24, 2.45) is 17.3 Å². The van der Waals surface area contributed by atoms with Crippen LogP contribution in [0.1, 0.15) is 41.0 Å². The van der Waals surface area contributed by atoms with Crippen LogP contribution in [0.25, 0.3) is 0 Å². The van der Waals surface area contributed by atoms with Crippen LogP contribution in [0, 0.1) is 17.3 Å². The zero-order chi connectivity index (χ0) is 21.9. The molecule has 0 unspecified atom stereocenters. The van der Waals surface area contributed by atoms with Crippen molar-refractivity contribution in [3.8, 4) is 0 Å². The number of nitrogens with zero attached hydrogens (tertiary/aromatic N) is 1. The molecule has 0 spiro atoms. The summed E-state index contributed by atoms with van der Waals surface area (Å²) in [6.45, 7) is 14.6. The molecule has 0 radical (unpaired) electrons. The fourth-order valence-electron chi connectivity index (χ4n) is 2.49. The molecule has 1 atom stereocenters. The molecule has 0 aliphatic heterocycles. The molecule has 3 amide bonds. The summed E-state index contributed by atoms with van der Waals surface area (Å²) in [5.41, 5.74) is -0.553. The minimum atomic E-state index is -1.23. The summed E-state index contributed by atoms with van der Waals surface area (Å²) in [4.78, 5) is 38.3. The Morgan fingerprint density at radius 2 is 1.75 bits per heavy atom. The first kappa shape index (κ1) is 26.1. The first-order chi connectivity index (χ1) is 12.9. The van der Waals surface area contributed by atoms with Crippen LogP contribution >= 0.6 is 0 Å². The van der Waals surface area contributed by atoms with E-state index < -0.39 is 23.8 Å². The van der Waals surface area contributed by atoms with Gasteiger partial charge in [-0.1, -0.05) is 41.2 Å². The van der Waals surface area contributed by atoms with Gasteiger partial charge in [0.05, 0.1) is 25.7 Å². The maximum Gasteiger partial charge on any atom is 0.331 e. The minimum absolute atomic E-state index is 0.0683. The highest BCUT2D eigenvalue weighted by Crippen LogP contribution is 2.24. The highest BCUT2D eigenvalue weighted by atomic mass is 16.5. The van der Waals surface area contributed by atoms with Crippen molar-refractivity contribution >= 4 is 17.9 Å². The Morgan fingerprint density at radius 3 is 2.21 bits per heavy atom. The first-order valence-electron chi connectivity index (χ1n) is 9.48. The lowest BCUT2D eigenvalue weighted by molar-refractivity contribution is -0.138. The fourth-order valence-corrected chi connectivity index (χ4v) is 2.49. The van der Waals surface area contributed by atoms with Gasteiger partial charge in [0.25, 0.3) is 0 Å². The van der Waals surface area contributed by atoms with Gasteiger partial charge in [-0.3, -0.25) is 9.69 Å². The molecule has 162 valence electrons. The van der Waals surface area contributed by atoms with Crippen LogP contribution in [-0.2, 0) is 19.1 Å². The largest absolute Gasteiger partial charge is 0.478 e. The topological polar surface area (TPSA) is 105 Å². The minimum Gasteiger partial charge on any atom is -0.478 e. The van der Waals surface area contributed by atoms with Crippen LogP contribution in [-0.4, -0.2) is 67.9 Å². The lowest BCUT2D eigenvalue weighted by atomic mass is 9.88. The Bertz CT molecular complexity index is 539. The number of imide groups is 1. The number of carboxylic acids is 1. The van der Waals surface area contributed by atoms with Crippen LogP contribution in [0.3, 0.4) is 0 Å². The third-order valence-corrected chi connectivity index (χ3v) is 3.80. The molecule has 0 aromatic rings. The lowest BCUT2D eigenvalue weighted by Gasteiger charge is -2.32. The van der Waals surface area contributed by atoms with Gasteiger partial charge < -0.3 is 19.9 Å². The number of rotatable bonds is 12. The van der Waals surface area contributed by atoms with Gasteiger partial charge >= 0.3 is 12.0 Å². The zero-order valence-corrected chi connectivity index (χ0v) is 18.0. The van der Waals surface area contributed by atoms with E-state index >= 15 is 0 Å². The highest BCUT2D eigenvalue weighted by molar-refractivity contribution is 6.01. The van der Waals surface area contributed by atoms with Crippen molar-refractivity contribution in [1.29, 1.82) is 0 Å². The third-order valence-electron chi connectivity index (χ3n) is 3.80. The molecular weight excluding hydrogens is 364 g/mol. The van der Waals surface area contributed by atoms with Crippen LogP contribution < -0.4 is 5.32 Å². The molecule has 0 aliphatic rings. The number of carbonyl (C=O) groups is 3. The van der Waals surface area contributed by atoms with Gasteiger partial charge in [-0.15, -0.1) is 0 Å². The van der Waals surface area contributed by atoms with Gasteiger partial charge in [0.2, 0.25) is 5.91 Å². The Morgan fingerprint density at radius 1 is 1.14 bits per heavy atom. The maximum atomic E-state index is 13.1. The summed E-state index contributed by atoms with van der Waals surface area (Å²) in [5.74, 6) is -2.67. The predicted molar refractivity (Wildman–Crippen MR) is 107 cm³/mol. The molecule has 0 rings (SSSR count). The predicted octanol–water partition coefficient (Wildman–Crippen LogP) is 2.54. The maximum absolute atomic E-state index is 13.1. The van der Waals surface area contributed by atoms with Gasteiger partial charge in [0.1, 0.15) is 0 Å². The van der Waals surface area contributed by atoms with Crippen molar-refractivity contribution < 1.29 is 29.0 Å². The molecule has 0 aliphatic carbocycles. The van der Waals surface area contributed by atoms with E-state index in [-0.39, 0.29) is 36.6 Å². The number of carboxylic acid groups (broad SMARTS) is 1. The summed E-state index contributed by atoms with van der Waals surface area (Å²) in [6.07, 6.45) is 0.304. The molecule has 8 heteroatoms. The molecule has 0 aromatic carbocycles. The van der Waals surface area contributed by atoms with Gasteiger partial charge in [-0.2, -0.15) is 0 Å². The Balaban J connectivity index is 5.27. The molecule has 0 saturated carbocycles. The van der Waals surface area contributed by atoms with Crippen LogP contribution in [0.2, 0.25) is 0 Å². The molecule has 2 N–H and O–H groups in total. The van der Waals surface area contributed by atoms with Gasteiger partial charge in [-0.25, -0.2) is 9.59 Å². The van der Waals surface area contributed by atoms with E-state index in [9.17, 15) is 19.5 Å². The molecule has 8 nitrogen and oxygen atoms in total. The standard InChI is InChI=1S/C20H36N2O6/c1-14(2)12-16(15(3)18(24)25)17(23)22(13-20(4,5)6)19(26)21-8-9-28-11-10-27-7/h14,16H,3,8-13H2,1-2,4-7H3,(H,21,26)(H,24,25)/t16-/m0/s1. The van der Waals surface area contributed by atoms with Crippen molar-refractivity contribution in [2.45, 2.75) is 41.0 Å². The molecule has 0 aromatic heterocycles. The molecule has 0 bridgehead atoms. The summed E-state index contributed by atoms with van der Waals surface area (Å²) in [7, 11) is 1.57. The Hall–Kier alpha value is -1.93. The second-order valence-corrected chi connectivity index (χ2v) is 8.33. The number of carbonyl (C=O) groups excluding carboxylic acids is 2. The smallest absolute Gasteiger partial charge is 0.331 e. The molecule has 0 saturated heterocycles. The number of methoxy groups -OCH3 is 1. The van der Waals surface area contributed by atoms with Crippen molar-refractivity contribution in [2.75, 3.05) is 40.0 Å². The third kappa shape index (κ3) is 10.4. The summed E-state index contributed by atoms with van der Waals surface area (Å²) in [5, 5.41) is 12.0. The second-order valence-electron chi connectivity index (χ2n) is 8.33. The van der Waals surface area contributed by atoms with Crippen LogP contribution in [0.5, 0.6) is 0 Å². The van der Waals surface area contributed by atoms with E-state index in [1.54, 1.807) is 7.11 Å². The Kier molecular flexibility index (Phi) is 11.7. The number of amides is 3. The zero-order valence-electron chi connectivity index (χ0n) is 18.0. The number of urea groups is 1. The quantitative estimate of drug-likeness (QED) is 0.385. The number of hydrogen-bond acceptors (Lipinski definition) is 5.